The van der Waals surface area contributed by atoms with Crippen molar-refractivity contribution in [1.29, 1.82) is 0 Å². The summed E-state index contributed by atoms with van der Waals surface area (Å²) in [6.07, 6.45) is -8.86. The normalized spacial score (nSPS) is 12.3. The van der Waals surface area contributed by atoms with Crippen LogP contribution in [0.3, 0.4) is 0 Å². The monoisotopic (exact) mass is 563 g/mol. The first kappa shape index (κ1) is 31.6. The highest BCUT2D eigenvalue weighted by atomic mass is 19.4. The SMILES string of the molecule is CC(C)(C)C(F)(F)F.CC(C)n1ncnc1C(=O)NCc1nc2ccc(CNC(=O)CCC(F)(F)F)cc2[nH]1. The van der Waals surface area contributed by atoms with E-state index in [9.17, 15) is 35.9 Å². The van der Waals surface area contributed by atoms with Gasteiger partial charge in [-0.1, -0.05) is 26.8 Å². The minimum Gasteiger partial charge on any atom is -0.352 e. The Kier molecular flexibility index (Phi) is 10.1. The number of hydrogen-bond acceptors (Lipinski definition) is 5. The van der Waals surface area contributed by atoms with Crippen molar-refractivity contribution < 1.29 is 35.9 Å². The van der Waals surface area contributed by atoms with Gasteiger partial charge in [-0.2, -0.15) is 31.4 Å². The molecule has 216 valence electrons. The summed E-state index contributed by atoms with van der Waals surface area (Å²) in [6, 6.07) is 5.18. The van der Waals surface area contributed by atoms with E-state index < -0.39 is 36.5 Å². The fraction of sp³-hybridized carbons (Fsp3) is 0.542. The van der Waals surface area contributed by atoms with E-state index in [4.69, 9.17) is 0 Å². The topological polar surface area (TPSA) is 118 Å². The Hall–Kier alpha value is -3.65. The van der Waals surface area contributed by atoms with Crippen LogP contribution in [0.25, 0.3) is 11.0 Å². The van der Waals surface area contributed by atoms with E-state index in [1.807, 2.05) is 13.8 Å². The molecule has 0 saturated heterocycles. The van der Waals surface area contributed by atoms with E-state index >= 15 is 0 Å². The number of alkyl halides is 6. The van der Waals surface area contributed by atoms with Crippen LogP contribution in [0.5, 0.6) is 0 Å². The van der Waals surface area contributed by atoms with Crippen LogP contribution in [0.1, 0.15) is 75.5 Å². The Balaban J connectivity index is 0.000000580. The molecule has 0 radical (unpaired) electrons. The van der Waals surface area contributed by atoms with E-state index in [1.165, 1.54) is 11.0 Å². The number of hydrogen-bond donors (Lipinski definition) is 3. The number of halogens is 6. The van der Waals surface area contributed by atoms with E-state index in [-0.39, 0.29) is 30.9 Å². The Morgan fingerprint density at radius 2 is 1.67 bits per heavy atom. The molecule has 3 aromatic rings. The smallest absolute Gasteiger partial charge is 0.352 e. The van der Waals surface area contributed by atoms with Gasteiger partial charge in [-0.25, -0.2) is 14.6 Å². The van der Waals surface area contributed by atoms with Gasteiger partial charge in [0.05, 0.1) is 29.4 Å². The standard InChI is InChI=1S/C19H22F3N7O2.C5H9F3/c1-11(2)29-17(25-10-26-29)18(31)24-9-15-27-13-4-3-12(7-14(13)28-15)8-23-16(30)5-6-19(20,21)22;1-4(2,3)5(6,7)8/h3-4,7,10-11H,5-6,8-9H2,1-2H3,(H,23,30)(H,24,31)(H,27,28);1-3H3. The number of aromatic nitrogens is 5. The number of fused-ring (bicyclic) bond motifs is 1. The van der Waals surface area contributed by atoms with E-state index in [1.54, 1.807) is 18.2 Å². The summed E-state index contributed by atoms with van der Waals surface area (Å²) in [6.45, 7) is 7.46. The maximum atomic E-state index is 12.4. The predicted octanol–water partition coefficient (Wildman–Crippen LogP) is 5.22. The summed E-state index contributed by atoms with van der Waals surface area (Å²) in [7, 11) is 0. The lowest BCUT2D eigenvalue weighted by Crippen LogP contribution is -2.28. The molecule has 0 aliphatic carbocycles. The van der Waals surface area contributed by atoms with Crippen LogP contribution in [-0.4, -0.2) is 48.9 Å². The van der Waals surface area contributed by atoms with Crippen LogP contribution in [0.15, 0.2) is 24.5 Å². The van der Waals surface area contributed by atoms with Gasteiger partial charge >= 0.3 is 12.4 Å². The molecule has 0 bridgehead atoms. The van der Waals surface area contributed by atoms with Crippen molar-refractivity contribution in [2.24, 2.45) is 5.41 Å². The second-order valence-electron chi connectivity index (χ2n) is 9.98. The Morgan fingerprint density at radius 3 is 2.23 bits per heavy atom. The average Bonchev–Trinajstić information content (AvgIpc) is 3.45. The quantitative estimate of drug-likeness (QED) is 0.325. The third-order valence-electron chi connectivity index (χ3n) is 5.25. The number of amides is 2. The first-order valence-corrected chi connectivity index (χ1v) is 11.9. The zero-order valence-corrected chi connectivity index (χ0v) is 22.1. The summed E-state index contributed by atoms with van der Waals surface area (Å²) < 4.78 is 72.7. The van der Waals surface area contributed by atoms with Crippen molar-refractivity contribution in [3.05, 3.63) is 41.7 Å². The predicted molar refractivity (Wildman–Crippen MR) is 130 cm³/mol. The van der Waals surface area contributed by atoms with Gasteiger partial charge in [-0.3, -0.25) is 9.59 Å². The molecule has 3 N–H and O–H groups in total. The Morgan fingerprint density at radius 1 is 1.03 bits per heavy atom. The Labute approximate surface area is 220 Å². The molecule has 0 unspecified atom stereocenters. The largest absolute Gasteiger partial charge is 0.393 e. The highest BCUT2D eigenvalue weighted by molar-refractivity contribution is 5.90. The van der Waals surface area contributed by atoms with Crippen molar-refractivity contribution in [1.82, 2.24) is 35.4 Å². The van der Waals surface area contributed by atoms with Crippen LogP contribution in [-0.2, 0) is 17.9 Å². The molecule has 0 saturated carbocycles. The molecule has 2 aromatic heterocycles. The van der Waals surface area contributed by atoms with Gasteiger partial charge in [0.1, 0.15) is 12.2 Å². The van der Waals surface area contributed by atoms with Gasteiger partial charge in [0.2, 0.25) is 11.7 Å². The van der Waals surface area contributed by atoms with Gasteiger partial charge < -0.3 is 15.6 Å². The molecule has 0 atom stereocenters. The van der Waals surface area contributed by atoms with Gasteiger partial charge in [-0.15, -0.1) is 0 Å². The molecular formula is C24H31F6N7O2. The molecule has 39 heavy (non-hydrogen) atoms. The van der Waals surface area contributed by atoms with Crippen LogP contribution in [0.4, 0.5) is 26.3 Å². The number of nitrogens with one attached hydrogen (secondary N) is 3. The van der Waals surface area contributed by atoms with Crippen molar-refractivity contribution in [2.75, 3.05) is 0 Å². The van der Waals surface area contributed by atoms with Crippen LogP contribution in [0, 0.1) is 5.41 Å². The summed E-state index contributed by atoms with van der Waals surface area (Å²) in [5.41, 5.74) is 0.475. The minimum absolute atomic E-state index is 0.0122. The zero-order valence-electron chi connectivity index (χ0n) is 22.1. The Bertz CT molecular complexity index is 1240. The number of nitrogens with zero attached hydrogens (tertiary/aromatic N) is 4. The van der Waals surface area contributed by atoms with Crippen LogP contribution in [0.2, 0.25) is 0 Å². The number of carbonyl (C=O) groups excluding carboxylic acids is 2. The zero-order chi connectivity index (χ0) is 29.6. The molecule has 0 spiro atoms. The van der Waals surface area contributed by atoms with Gasteiger partial charge in [0, 0.05) is 19.0 Å². The van der Waals surface area contributed by atoms with E-state index in [0.717, 1.165) is 20.8 Å². The van der Waals surface area contributed by atoms with Crippen molar-refractivity contribution >= 4 is 22.8 Å². The van der Waals surface area contributed by atoms with Crippen molar-refractivity contribution in [3.63, 3.8) is 0 Å². The van der Waals surface area contributed by atoms with Crippen LogP contribution < -0.4 is 10.6 Å². The number of benzene rings is 1. The number of H-pyrrole nitrogens is 1. The fourth-order valence-electron chi connectivity index (χ4n) is 2.88. The number of aromatic amines is 1. The maximum Gasteiger partial charge on any atom is 0.393 e. The number of carbonyl (C=O) groups is 2. The number of imidazole rings is 1. The minimum atomic E-state index is -4.36. The fourth-order valence-corrected chi connectivity index (χ4v) is 2.88. The highest BCUT2D eigenvalue weighted by Crippen LogP contribution is 2.36. The lowest BCUT2D eigenvalue weighted by molar-refractivity contribution is -0.204. The lowest BCUT2D eigenvalue weighted by atomic mass is 9.96. The molecule has 0 fully saturated rings. The first-order chi connectivity index (χ1) is 17.9. The molecule has 9 nitrogen and oxygen atoms in total. The number of rotatable bonds is 8. The maximum absolute atomic E-state index is 12.4. The molecule has 3 rings (SSSR count). The molecule has 2 amide bonds. The summed E-state index contributed by atoms with van der Waals surface area (Å²) in [5, 5.41) is 9.23. The molecule has 15 heteroatoms. The van der Waals surface area contributed by atoms with Crippen LogP contribution >= 0.6 is 0 Å². The third kappa shape index (κ3) is 9.87. The molecule has 0 aliphatic heterocycles. The molecule has 2 heterocycles. The second-order valence-corrected chi connectivity index (χ2v) is 9.98. The average molecular weight is 564 g/mol. The first-order valence-electron chi connectivity index (χ1n) is 11.9. The summed E-state index contributed by atoms with van der Waals surface area (Å²) >= 11 is 0. The summed E-state index contributed by atoms with van der Waals surface area (Å²) in [4.78, 5) is 35.4. The second kappa shape index (κ2) is 12.5. The van der Waals surface area contributed by atoms with Crippen molar-refractivity contribution in [2.45, 2.75) is 78.9 Å². The molecular weight excluding hydrogens is 532 g/mol. The van der Waals surface area contributed by atoms with Gasteiger partial charge in [0.25, 0.3) is 5.91 Å². The van der Waals surface area contributed by atoms with E-state index in [0.29, 0.717) is 22.4 Å². The van der Waals surface area contributed by atoms with Crippen molar-refractivity contribution in [3.8, 4) is 0 Å². The third-order valence-corrected chi connectivity index (χ3v) is 5.25. The molecule has 0 aliphatic rings. The molecule has 1 aromatic carbocycles. The van der Waals surface area contributed by atoms with Gasteiger partial charge in [0.15, 0.2) is 0 Å². The summed E-state index contributed by atoms with van der Waals surface area (Å²) in [5.74, 6) is -0.325. The van der Waals surface area contributed by atoms with E-state index in [2.05, 4.69) is 30.7 Å². The van der Waals surface area contributed by atoms with Gasteiger partial charge in [-0.05, 0) is 31.5 Å². The highest BCUT2D eigenvalue weighted by Gasteiger charge is 2.42. The lowest BCUT2D eigenvalue weighted by Gasteiger charge is -2.21.